The number of rotatable bonds is 5. The Morgan fingerprint density at radius 1 is 1.35 bits per heavy atom. The Morgan fingerprint density at radius 2 is 2.05 bits per heavy atom. The van der Waals surface area contributed by atoms with Gasteiger partial charge in [0.1, 0.15) is 5.75 Å². The van der Waals surface area contributed by atoms with Crippen LogP contribution in [0.25, 0.3) is 0 Å². The van der Waals surface area contributed by atoms with E-state index in [4.69, 9.17) is 16.3 Å². The van der Waals surface area contributed by atoms with Crippen LogP contribution in [0.1, 0.15) is 44.2 Å². The van der Waals surface area contributed by atoms with Gasteiger partial charge < -0.3 is 15.2 Å². The SMILES string of the molecule is COc1ccc(Cl)cc1C(C)NC1CCC(CO)CC1. The molecule has 1 aliphatic rings. The molecular formula is C16H24ClNO2. The van der Waals surface area contributed by atoms with Crippen LogP contribution in [0.15, 0.2) is 18.2 Å². The molecule has 2 N–H and O–H groups in total. The maximum Gasteiger partial charge on any atom is 0.123 e. The molecule has 1 unspecified atom stereocenters. The zero-order valence-corrected chi connectivity index (χ0v) is 13.0. The molecule has 4 heteroatoms. The highest BCUT2D eigenvalue weighted by atomic mass is 35.5. The highest BCUT2D eigenvalue weighted by Crippen LogP contribution is 2.30. The smallest absolute Gasteiger partial charge is 0.123 e. The predicted octanol–water partition coefficient (Wildman–Crippen LogP) is 3.55. The second-order valence-corrected chi connectivity index (χ2v) is 6.11. The molecule has 0 radical (unpaired) electrons. The minimum atomic E-state index is 0.208. The lowest BCUT2D eigenvalue weighted by Crippen LogP contribution is -2.35. The van der Waals surface area contributed by atoms with E-state index < -0.39 is 0 Å². The van der Waals surface area contributed by atoms with Gasteiger partial charge in [0.2, 0.25) is 0 Å². The van der Waals surface area contributed by atoms with Gasteiger partial charge in [-0.3, -0.25) is 0 Å². The van der Waals surface area contributed by atoms with Crippen molar-refractivity contribution in [3.8, 4) is 5.75 Å². The van der Waals surface area contributed by atoms with Crippen molar-refractivity contribution >= 4 is 11.6 Å². The Bertz CT molecular complexity index is 430. The van der Waals surface area contributed by atoms with Crippen LogP contribution in [0, 0.1) is 5.92 Å². The number of aliphatic hydroxyl groups is 1. The van der Waals surface area contributed by atoms with E-state index in [1.807, 2.05) is 18.2 Å². The van der Waals surface area contributed by atoms with Crippen molar-refractivity contribution in [3.63, 3.8) is 0 Å². The van der Waals surface area contributed by atoms with E-state index in [0.29, 0.717) is 18.6 Å². The summed E-state index contributed by atoms with van der Waals surface area (Å²) in [6.07, 6.45) is 4.46. The van der Waals surface area contributed by atoms with Gasteiger partial charge in [-0.1, -0.05) is 11.6 Å². The normalized spacial score (nSPS) is 24.4. The Labute approximate surface area is 126 Å². The van der Waals surface area contributed by atoms with E-state index in [0.717, 1.165) is 42.0 Å². The van der Waals surface area contributed by atoms with Gasteiger partial charge >= 0.3 is 0 Å². The number of ether oxygens (including phenoxy) is 1. The van der Waals surface area contributed by atoms with Crippen molar-refractivity contribution in [2.24, 2.45) is 5.92 Å². The van der Waals surface area contributed by atoms with Crippen LogP contribution in [-0.4, -0.2) is 24.9 Å². The third-order valence-electron chi connectivity index (χ3n) is 4.25. The Kier molecular flexibility index (Phi) is 5.70. The molecule has 2 rings (SSSR count). The zero-order chi connectivity index (χ0) is 14.5. The Hall–Kier alpha value is -0.770. The molecule has 1 aliphatic carbocycles. The molecule has 3 nitrogen and oxygen atoms in total. The molecule has 0 aromatic heterocycles. The lowest BCUT2D eigenvalue weighted by atomic mass is 9.86. The molecule has 0 amide bonds. The van der Waals surface area contributed by atoms with Gasteiger partial charge in [0, 0.05) is 29.3 Å². The van der Waals surface area contributed by atoms with Gasteiger partial charge in [-0.15, -0.1) is 0 Å². The molecule has 0 heterocycles. The first-order valence-electron chi connectivity index (χ1n) is 7.34. The molecule has 0 spiro atoms. The molecule has 112 valence electrons. The van der Waals surface area contributed by atoms with Gasteiger partial charge in [0.15, 0.2) is 0 Å². The summed E-state index contributed by atoms with van der Waals surface area (Å²) in [4.78, 5) is 0. The fraction of sp³-hybridized carbons (Fsp3) is 0.625. The second kappa shape index (κ2) is 7.30. The molecule has 1 saturated carbocycles. The lowest BCUT2D eigenvalue weighted by molar-refractivity contribution is 0.172. The fourth-order valence-electron chi connectivity index (χ4n) is 3.00. The summed E-state index contributed by atoms with van der Waals surface area (Å²) in [5, 5.41) is 13.6. The van der Waals surface area contributed by atoms with Crippen molar-refractivity contribution in [2.45, 2.75) is 44.7 Å². The maximum absolute atomic E-state index is 9.18. The van der Waals surface area contributed by atoms with Crippen molar-refractivity contribution < 1.29 is 9.84 Å². The zero-order valence-electron chi connectivity index (χ0n) is 12.2. The Balaban J connectivity index is 1.98. The van der Waals surface area contributed by atoms with Crippen LogP contribution in [-0.2, 0) is 0 Å². The molecular weight excluding hydrogens is 274 g/mol. The summed E-state index contributed by atoms with van der Waals surface area (Å²) in [6, 6.07) is 6.45. The number of benzene rings is 1. The molecule has 1 aromatic rings. The monoisotopic (exact) mass is 297 g/mol. The van der Waals surface area contributed by atoms with E-state index in [1.165, 1.54) is 0 Å². The number of aliphatic hydroxyl groups excluding tert-OH is 1. The maximum atomic E-state index is 9.18. The molecule has 0 saturated heterocycles. The minimum absolute atomic E-state index is 0.208. The molecule has 0 aliphatic heterocycles. The molecule has 20 heavy (non-hydrogen) atoms. The highest BCUT2D eigenvalue weighted by Gasteiger charge is 2.23. The van der Waals surface area contributed by atoms with E-state index in [-0.39, 0.29) is 6.04 Å². The summed E-state index contributed by atoms with van der Waals surface area (Å²) in [6.45, 7) is 2.47. The summed E-state index contributed by atoms with van der Waals surface area (Å²) in [5.41, 5.74) is 1.10. The third-order valence-corrected chi connectivity index (χ3v) is 4.48. The highest BCUT2D eigenvalue weighted by molar-refractivity contribution is 6.30. The third kappa shape index (κ3) is 3.87. The van der Waals surface area contributed by atoms with Crippen LogP contribution < -0.4 is 10.1 Å². The molecule has 0 bridgehead atoms. The molecule has 1 fully saturated rings. The predicted molar refractivity (Wildman–Crippen MR) is 82.4 cm³/mol. The van der Waals surface area contributed by atoms with E-state index >= 15 is 0 Å². The van der Waals surface area contributed by atoms with Gasteiger partial charge in [0.05, 0.1) is 7.11 Å². The summed E-state index contributed by atoms with van der Waals surface area (Å²) >= 11 is 6.09. The average Bonchev–Trinajstić information content (AvgIpc) is 2.48. The standard InChI is InChI=1S/C16H24ClNO2/c1-11(15-9-13(17)5-8-16(15)20-2)18-14-6-3-12(10-19)4-7-14/h5,8-9,11-12,14,18-19H,3-4,6-7,10H2,1-2H3. The van der Waals surface area contributed by atoms with Crippen molar-refractivity contribution in [1.29, 1.82) is 0 Å². The summed E-state index contributed by atoms with van der Waals surface area (Å²) < 4.78 is 5.41. The quantitative estimate of drug-likeness (QED) is 0.873. The van der Waals surface area contributed by atoms with Gasteiger partial charge in [-0.05, 0) is 56.7 Å². The van der Waals surface area contributed by atoms with Crippen LogP contribution in [0.5, 0.6) is 5.75 Å². The first kappa shape index (κ1) is 15.6. The number of hydrogen-bond acceptors (Lipinski definition) is 3. The largest absolute Gasteiger partial charge is 0.496 e. The van der Waals surface area contributed by atoms with E-state index in [2.05, 4.69) is 12.2 Å². The van der Waals surface area contributed by atoms with Crippen LogP contribution >= 0.6 is 11.6 Å². The molecule has 1 aromatic carbocycles. The minimum Gasteiger partial charge on any atom is -0.496 e. The fourth-order valence-corrected chi connectivity index (χ4v) is 3.18. The van der Waals surface area contributed by atoms with Crippen LogP contribution in [0.3, 0.4) is 0 Å². The summed E-state index contributed by atoms with van der Waals surface area (Å²) in [7, 11) is 1.69. The first-order valence-corrected chi connectivity index (χ1v) is 7.72. The van der Waals surface area contributed by atoms with E-state index in [1.54, 1.807) is 7.11 Å². The number of nitrogens with one attached hydrogen (secondary N) is 1. The van der Waals surface area contributed by atoms with Gasteiger partial charge in [0.25, 0.3) is 0 Å². The number of methoxy groups -OCH3 is 1. The molecule has 1 atom stereocenters. The number of hydrogen-bond donors (Lipinski definition) is 2. The first-order chi connectivity index (χ1) is 9.63. The summed E-state index contributed by atoms with van der Waals surface area (Å²) in [5.74, 6) is 1.36. The Morgan fingerprint density at radius 3 is 2.65 bits per heavy atom. The van der Waals surface area contributed by atoms with Crippen molar-refractivity contribution in [2.75, 3.05) is 13.7 Å². The van der Waals surface area contributed by atoms with E-state index in [9.17, 15) is 5.11 Å². The topological polar surface area (TPSA) is 41.5 Å². The van der Waals surface area contributed by atoms with Gasteiger partial charge in [-0.25, -0.2) is 0 Å². The van der Waals surface area contributed by atoms with Crippen LogP contribution in [0.4, 0.5) is 0 Å². The van der Waals surface area contributed by atoms with Crippen molar-refractivity contribution in [1.82, 2.24) is 5.32 Å². The second-order valence-electron chi connectivity index (χ2n) is 5.67. The van der Waals surface area contributed by atoms with Crippen molar-refractivity contribution in [3.05, 3.63) is 28.8 Å². The number of halogens is 1. The van der Waals surface area contributed by atoms with Crippen LogP contribution in [0.2, 0.25) is 5.02 Å². The average molecular weight is 298 g/mol. The van der Waals surface area contributed by atoms with Gasteiger partial charge in [-0.2, -0.15) is 0 Å². The lowest BCUT2D eigenvalue weighted by Gasteiger charge is -2.31.